The van der Waals surface area contributed by atoms with E-state index in [0.29, 0.717) is 5.41 Å². The highest BCUT2D eigenvalue weighted by Gasteiger charge is 2.28. The van der Waals surface area contributed by atoms with Gasteiger partial charge in [-0.25, -0.2) is 4.98 Å². The Hall–Kier alpha value is -1.55. The number of hydrogen-bond acceptors (Lipinski definition) is 3. The van der Waals surface area contributed by atoms with E-state index in [1.54, 1.807) is 0 Å². The molecule has 1 saturated heterocycles. The van der Waals surface area contributed by atoms with E-state index in [1.807, 2.05) is 28.8 Å². The van der Waals surface area contributed by atoms with Crippen LogP contribution in [0, 0.1) is 5.41 Å². The number of aliphatic hydroxyl groups excluding tert-OH is 1. The minimum Gasteiger partial charge on any atom is -0.390 e. The number of anilines is 1. The number of aliphatic hydroxyl groups is 1. The number of piperidine rings is 1. The Bertz CT molecular complexity index is 578. The lowest BCUT2D eigenvalue weighted by atomic mass is 9.83. The summed E-state index contributed by atoms with van der Waals surface area (Å²) in [4.78, 5) is 6.99. The van der Waals surface area contributed by atoms with Crippen LogP contribution in [0.4, 0.5) is 5.82 Å². The number of hydrogen-bond donors (Lipinski definition) is 1. The van der Waals surface area contributed by atoms with Gasteiger partial charge in [0.2, 0.25) is 0 Å². The molecular weight excluding hydrogens is 238 g/mol. The summed E-state index contributed by atoms with van der Waals surface area (Å²) in [5, 5.41) is 9.65. The number of aromatic nitrogens is 2. The van der Waals surface area contributed by atoms with Crippen molar-refractivity contribution in [3.05, 3.63) is 30.1 Å². The molecule has 4 nitrogen and oxygen atoms in total. The first-order valence-corrected chi connectivity index (χ1v) is 6.92. The maximum Gasteiger partial charge on any atom is 0.153 e. The van der Waals surface area contributed by atoms with Gasteiger partial charge in [0, 0.05) is 19.3 Å². The summed E-state index contributed by atoms with van der Waals surface area (Å²) in [5.41, 5.74) is 2.23. The molecule has 0 aromatic carbocycles. The fourth-order valence-electron chi connectivity index (χ4n) is 2.76. The highest BCUT2D eigenvalue weighted by molar-refractivity contribution is 5.56. The average molecular weight is 259 g/mol. The molecule has 19 heavy (non-hydrogen) atoms. The zero-order valence-electron chi connectivity index (χ0n) is 11.6. The van der Waals surface area contributed by atoms with E-state index < -0.39 is 0 Å². The molecule has 1 aliphatic heterocycles. The van der Waals surface area contributed by atoms with Crippen molar-refractivity contribution in [2.24, 2.45) is 5.41 Å². The third-order valence-corrected chi connectivity index (χ3v) is 4.17. The van der Waals surface area contributed by atoms with Gasteiger partial charge in [0.25, 0.3) is 0 Å². The van der Waals surface area contributed by atoms with Crippen LogP contribution in [0.3, 0.4) is 0 Å². The Kier molecular flexibility index (Phi) is 2.97. The maximum absolute atomic E-state index is 9.65. The third kappa shape index (κ3) is 2.21. The molecule has 0 atom stereocenters. The first kappa shape index (κ1) is 12.5. The second kappa shape index (κ2) is 4.53. The van der Waals surface area contributed by atoms with Crippen LogP contribution in [-0.4, -0.2) is 27.6 Å². The molecule has 0 unspecified atom stereocenters. The molecule has 102 valence electrons. The highest BCUT2D eigenvalue weighted by Crippen LogP contribution is 2.33. The monoisotopic (exact) mass is 259 g/mol. The Morgan fingerprint density at radius 2 is 2.00 bits per heavy atom. The molecule has 0 amide bonds. The minimum absolute atomic E-state index is 0.0282. The topological polar surface area (TPSA) is 40.8 Å². The Balaban J connectivity index is 1.97. The molecule has 2 aromatic rings. The number of nitrogens with zero attached hydrogens (tertiary/aromatic N) is 3. The molecule has 0 radical (unpaired) electrons. The number of rotatable bonds is 2. The average Bonchev–Trinajstić information content (AvgIpc) is 2.77. The second-order valence-electron chi connectivity index (χ2n) is 6.12. The summed E-state index contributed by atoms with van der Waals surface area (Å²) < 4.78 is 1.98. The summed E-state index contributed by atoms with van der Waals surface area (Å²) in [6.07, 6.45) is 4.31. The molecule has 3 heterocycles. The van der Waals surface area contributed by atoms with Crippen LogP contribution >= 0.6 is 0 Å². The third-order valence-electron chi connectivity index (χ3n) is 4.17. The summed E-state index contributed by atoms with van der Waals surface area (Å²) in [5.74, 6) is 0.948. The molecule has 2 aromatic heterocycles. The molecule has 1 fully saturated rings. The summed E-state index contributed by atoms with van der Waals surface area (Å²) >= 11 is 0. The molecule has 0 saturated carbocycles. The SMILES string of the molecule is CC1(C)CCN(c2nc3ccccn3c2CO)CC1. The van der Waals surface area contributed by atoms with E-state index in [-0.39, 0.29) is 6.61 Å². The zero-order chi connectivity index (χ0) is 13.5. The lowest BCUT2D eigenvalue weighted by Crippen LogP contribution is -2.38. The van der Waals surface area contributed by atoms with Gasteiger partial charge >= 0.3 is 0 Å². The number of imidazole rings is 1. The van der Waals surface area contributed by atoms with Gasteiger partial charge in [0.15, 0.2) is 5.82 Å². The van der Waals surface area contributed by atoms with Crippen molar-refractivity contribution in [1.29, 1.82) is 0 Å². The fourth-order valence-corrected chi connectivity index (χ4v) is 2.76. The van der Waals surface area contributed by atoms with Crippen molar-refractivity contribution in [3.63, 3.8) is 0 Å². The second-order valence-corrected chi connectivity index (χ2v) is 6.12. The van der Waals surface area contributed by atoms with E-state index in [0.717, 1.165) is 30.2 Å². The van der Waals surface area contributed by atoms with Crippen LogP contribution < -0.4 is 4.90 Å². The van der Waals surface area contributed by atoms with Crippen LogP contribution in [0.25, 0.3) is 5.65 Å². The fraction of sp³-hybridized carbons (Fsp3) is 0.533. The van der Waals surface area contributed by atoms with Crippen LogP contribution in [0.5, 0.6) is 0 Å². The molecule has 4 heteroatoms. The smallest absolute Gasteiger partial charge is 0.153 e. The van der Waals surface area contributed by atoms with E-state index in [9.17, 15) is 5.11 Å². The van der Waals surface area contributed by atoms with Gasteiger partial charge in [-0.3, -0.25) is 4.40 Å². The van der Waals surface area contributed by atoms with Crippen LogP contribution in [0.1, 0.15) is 32.4 Å². The maximum atomic E-state index is 9.65. The van der Waals surface area contributed by atoms with Crippen molar-refractivity contribution in [3.8, 4) is 0 Å². The predicted molar refractivity (Wildman–Crippen MR) is 76.3 cm³/mol. The quantitative estimate of drug-likeness (QED) is 0.900. The standard InChI is InChI=1S/C15H21N3O/c1-15(2)6-9-17(10-7-15)14-12(11-19)18-8-4-3-5-13(18)16-14/h3-5,8,19H,6-7,9-11H2,1-2H3. The van der Waals surface area contributed by atoms with Crippen molar-refractivity contribution in [2.75, 3.05) is 18.0 Å². The van der Waals surface area contributed by atoms with E-state index >= 15 is 0 Å². The Labute approximate surface area is 113 Å². The van der Waals surface area contributed by atoms with Gasteiger partial charge in [-0.15, -0.1) is 0 Å². The first-order chi connectivity index (χ1) is 9.11. The van der Waals surface area contributed by atoms with Gasteiger partial charge in [0.1, 0.15) is 5.65 Å². The van der Waals surface area contributed by atoms with Gasteiger partial charge < -0.3 is 10.0 Å². The van der Waals surface area contributed by atoms with Crippen molar-refractivity contribution in [2.45, 2.75) is 33.3 Å². The van der Waals surface area contributed by atoms with E-state index in [1.165, 1.54) is 12.8 Å². The van der Waals surface area contributed by atoms with Crippen molar-refractivity contribution in [1.82, 2.24) is 9.38 Å². The molecule has 0 bridgehead atoms. The number of pyridine rings is 1. The van der Waals surface area contributed by atoms with Crippen LogP contribution in [-0.2, 0) is 6.61 Å². The lowest BCUT2D eigenvalue weighted by Gasteiger charge is -2.37. The predicted octanol–water partition coefficient (Wildman–Crippen LogP) is 2.45. The first-order valence-electron chi connectivity index (χ1n) is 6.92. The van der Waals surface area contributed by atoms with Gasteiger partial charge in [-0.1, -0.05) is 19.9 Å². The summed E-state index contributed by atoms with van der Waals surface area (Å²) in [7, 11) is 0. The lowest BCUT2D eigenvalue weighted by molar-refractivity contribution is 0.269. The van der Waals surface area contributed by atoms with E-state index in [4.69, 9.17) is 0 Å². The van der Waals surface area contributed by atoms with Gasteiger partial charge in [-0.05, 0) is 30.4 Å². The molecule has 1 N–H and O–H groups in total. The number of fused-ring (bicyclic) bond motifs is 1. The van der Waals surface area contributed by atoms with Crippen molar-refractivity contribution >= 4 is 11.5 Å². The molecule has 0 aliphatic carbocycles. The highest BCUT2D eigenvalue weighted by atomic mass is 16.3. The van der Waals surface area contributed by atoms with Crippen molar-refractivity contribution < 1.29 is 5.11 Å². The Morgan fingerprint density at radius 3 is 2.68 bits per heavy atom. The largest absolute Gasteiger partial charge is 0.390 e. The minimum atomic E-state index is 0.0282. The Morgan fingerprint density at radius 1 is 1.26 bits per heavy atom. The normalized spacial score (nSPS) is 19.0. The molecule has 3 rings (SSSR count). The van der Waals surface area contributed by atoms with Crippen LogP contribution in [0.2, 0.25) is 0 Å². The summed E-state index contributed by atoms with van der Waals surface area (Å²) in [6, 6.07) is 5.93. The zero-order valence-corrected chi connectivity index (χ0v) is 11.6. The van der Waals surface area contributed by atoms with Gasteiger partial charge in [0.05, 0.1) is 12.3 Å². The van der Waals surface area contributed by atoms with E-state index in [2.05, 4.69) is 23.7 Å². The molecule has 0 spiro atoms. The molecular formula is C15H21N3O. The van der Waals surface area contributed by atoms with Crippen LogP contribution in [0.15, 0.2) is 24.4 Å². The summed E-state index contributed by atoms with van der Waals surface area (Å²) in [6.45, 7) is 6.70. The molecule has 1 aliphatic rings. The van der Waals surface area contributed by atoms with Gasteiger partial charge in [-0.2, -0.15) is 0 Å².